The van der Waals surface area contributed by atoms with Crippen molar-refractivity contribution in [1.29, 1.82) is 5.26 Å². The second-order valence-electron chi connectivity index (χ2n) is 11.1. The Labute approximate surface area is 206 Å². The molecule has 2 aliphatic rings. The fraction of sp³-hybridized carbons (Fsp3) is 0.571. The van der Waals surface area contributed by atoms with E-state index in [1.54, 1.807) is 13.2 Å². The summed E-state index contributed by atoms with van der Waals surface area (Å²) in [5, 5.41) is 13.4. The van der Waals surface area contributed by atoms with E-state index >= 15 is 0 Å². The highest BCUT2D eigenvalue weighted by Crippen LogP contribution is 2.38. The maximum absolute atomic E-state index is 13.2. The predicted molar refractivity (Wildman–Crippen MR) is 133 cm³/mol. The number of ether oxygens (including phenoxy) is 1. The Morgan fingerprint density at radius 2 is 2.03 bits per heavy atom. The number of hydrogen-bond donors (Lipinski definition) is 2. The average molecular weight is 478 g/mol. The third-order valence-corrected chi connectivity index (χ3v) is 7.53. The molecule has 2 aromatic rings. The van der Waals surface area contributed by atoms with Crippen molar-refractivity contribution in [1.82, 2.24) is 10.3 Å². The Balaban J connectivity index is 1.42. The van der Waals surface area contributed by atoms with Crippen molar-refractivity contribution in [3.8, 4) is 11.8 Å². The lowest BCUT2D eigenvalue weighted by molar-refractivity contribution is -0.129. The summed E-state index contributed by atoms with van der Waals surface area (Å²) in [4.78, 5) is 42.1. The molecule has 0 aliphatic heterocycles. The number of rotatable bonds is 10. The molecule has 2 aliphatic carbocycles. The molecule has 186 valence electrons. The predicted octanol–water partition coefficient (Wildman–Crippen LogP) is 4.96. The van der Waals surface area contributed by atoms with E-state index in [9.17, 15) is 19.6 Å². The molecule has 1 heterocycles. The second kappa shape index (κ2) is 10.2. The molecule has 7 heteroatoms. The van der Waals surface area contributed by atoms with Crippen molar-refractivity contribution in [3.63, 3.8) is 0 Å². The van der Waals surface area contributed by atoms with Gasteiger partial charge in [-0.2, -0.15) is 5.26 Å². The minimum absolute atomic E-state index is 0.00132. The highest BCUT2D eigenvalue weighted by Gasteiger charge is 2.36. The first kappa shape index (κ1) is 25.0. The van der Waals surface area contributed by atoms with E-state index < -0.39 is 12.0 Å². The van der Waals surface area contributed by atoms with Gasteiger partial charge in [0.1, 0.15) is 17.6 Å². The summed E-state index contributed by atoms with van der Waals surface area (Å²) in [7, 11) is 1.59. The van der Waals surface area contributed by atoms with E-state index in [1.807, 2.05) is 18.2 Å². The Morgan fingerprint density at radius 1 is 1.26 bits per heavy atom. The molecular formula is C28H35N3O4. The third-order valence-electron chi connectivity index (χ3n) is 7.53. The second-order valence-corrected chi connectivity index (χ2v) is 11.1. The minimum atomic E-state index is -0.730. The van der Waals surface area contributed by atoms with Crippen molar-refractivity contribution in [3.05, 3.63) is 30.0 Å². The van der Waals surface area contributed by atoms with Crippen LogP contribution >= 0.6 is 0 Å². The highest BCUT2D eigenvalue weighted by atomic mass is 16.5. The maximum Gasteiger partial charge on any atom is 0.224 e. The number of aromatic amines is 1. The van der Waals surface area contributed by atoms with E-state index in [1.165, 1.54) is 0 Å². The molecule has 0 bridgehead atoms. The molecule has 35 heavy (non-hydrogen) atoms. The molecule has 7 nitrogen and oxygen atoms in total. The first-order chi connectivity index (χ1) is 16.7. The van der Waals surface area contributed by atoms with Crippen LogP contribution in [0.4, 0.5) is 0 Å². The molecule has 2 N–H and O–H groups in total. The topological polar surface area (TPSA) is 112 Å². The fourth-order valence-corrected chi connectivity index (χ4v) is 5.23. The molecular weight excluding hydrogens is 442 g/mol. The molecule has 0 radical (unpaired) electrons. The van der Waals surface area contributed by atoms with Gasteiger partial charge in [0.2, 0.25) is 5.91 Å². The molecule has 2 saturated carbocycles. The lowest BCUT2D eigenvalue weighted by Crippen LogP contribution is -2.42. The minimum Gasteiger partial charge on any atom is -0.496 e. The zero-order chi connectivity index (χ0) is 25.2. The lowest BCUT2D eigenvalue weighted by atomic mass is 9.71. The number of nitrogens with one attached hydrogen (secondary N) is 2. The van der Waals surface area contributed by atoms with E-state index in [-0.39, 0.29) is 35.2 Å². The normalized spacial score (nSPS) is 21.2. The zero-order valence-electron chi connectivity index (χ0n) is 20.9. The number of nitriles is 1. The quantitative estimate of drug-likeness (QED) is 0.470. The number of Topliss-reactive ketones (excluding diaryl/α,β-unsaturated/α-hetero) is 2. The molecule has 1 aromatic carbocycles. The fourth-order valence-electron chi connectivity index (χ4n) is 5.23. The number of methoxy groups -OCH3 is 1. The molecule has 0 unspecified atom stereocenters. The van der Waals surface area contributed by atoms with Crippen LogP contribution in [0, 0.1) is 34.5 Å². The van der Waals surface area contributed by atoms with Gasteiger partial charge >= 0.3 is 0 Å². The zero-order valence-corrected chi connectivity index (χ0v) is 20.9. The van der Waals surface area contributed by atoms with Crippen LogP contribution in [0.5, 0.6) is 5.75 Å². The largest absolute Gasteiger partial charge is 0.496 e. The van der Waals surface area contributed by atoms with Gasteiger partial charge in [-0.1, -0.05) is 32.8 Å². The maximum atomic E-state index is 13.2. The van der Waals surface area contributed by atoms with Crippen molar-refractivity contribution in [2.75, 3.05) is 7.11 Å². The number of fused-ring (bicyclic) bond motifs is 1. The van der Waals surface area contributed by atoms with Gasteiger partial charge in [-0.25, -0.2) is 0 Å². The Hall–Kier alpha value is -3.14. The van der Waals surface area contributed by atoms with Gasteiger partial charge in [0.05, 0.1) is 18.9 Å². The molecule has 1 amide bonds. The number of nitrogens with zero attached hydrogens (tertiary/aromatic N) is 1. The van der Waals surface area contributed by atoms with Crippen LogP contribution in [0.3, 0.4) is 0 Å². The van der Waals surface area contributed by atoms with E-state index in [2.05, 4.69) is 30.2 Å². The Morgan fingerprint density at radius 3 is 2.69 bits per heavy atom. The summed E-state index contributed by atoms with van der Waals surface area (Å²) in [6.07, 6.45) is 5.37. The number of amides is 1. The number of ketones is 2. The van der Waals surface area contributed by atoms with Gasteiger partial charge in [-0.3, -0.25) is 14.4 Å². The van der Waals surface area contributed by atoms with Crippen LogP contribution in [-0.4, -0.2) is 35.6 Å². The number of H-pyrrole nitrogens is 1. The van der Waals surface area contributed by atoms with Crippen molar-refractivity contribution in [2.45, 2.75) is 71.3 Å². The summed E-state index contributed by atoms with van der Waals surface area (Å²) in [6, 6.07) is 8.80. The van der Waals surface area contributed by atoms with E-state index in [4.69, 9.17) is 4.74 Å². The third kappa shape index (κ3) is 6.11. The van der Waals surface area contributed by atoms with Crippen LogP contribution in [0.1, 0.15) is 75.7 Å². The molecule has 0 spiro atoms. The Kier molecular flexibility index (Phi) is 7.30. The van der Waals surface area contributed by atoms with Gasteiger partial charge < -0.3 is 15.0 Å². The first-order valence-electron chi connectivity index (χ1n) is 12.6. The summed E-state index contributed by atoms with van der Waals surface area (Å²) in [5.41, 5.74) is 1.26. The number of carbonyl (C=O) groups excluding carboxylic acids is 3. The van der Waals surface area contributed by atoms with Gasteiger partial charge in [0.15, 0.2) is 5.78 Å². The molecule has 1 aromatic heterocycles. The Bertz CT molecular complexity index is 1150. The van der Waals surface area contributed by atoms with Crippen molar-refractivity contribution < 1.29 is 19.1 Å². The lowest BCUT2D eigenvalue weighted by Gasteiger charge is -2.34. The highest BCUT2D eigenvalue weighted by molar-refractivity contribution is 6.02. The number of carbonyl (C=O) groups is 3. The van der Waals surface area contributed by atoms with E-state index in [0.29, 0.717) is 36.6 Å². The monoisotopic (exact) mass is 477 g/mol. The van der Waals surface area contributed by atoms with Gasteiger partial charge in [0.25, 0.3) is 0 Å². The number of benzene rings is 1. The van der Waals surface area contributed by atoms with Crippen molar-refractivity contribution in [2.24, 2.45) is 23.2 Å². The van der Waals surface area contributed by atoms with Gasteiger partial charge in [-0.15, -0.1) is 0 Å². The standard InChI is InChI=1S/C28H35N3O4/c1-28(2)10-9-18(25(33)15-28)12-20(16-29)30-27(34)19(11-17-7-8-17)13-24(32)23-14-21-22(31-23)5-4-6-26(21)35-3/h4-6,14,17-20,31H,7-13,15H2,1-3H3,(H,30,34)/t18-,19+,20-/m0/s1. The molecule has 4 rings (SSSR count). The summed E-state index contributed by atoms with van der Waals surface area (Å²) in [6.45, 7) is 4.18. The first-order valence-corrected chi connectivity index (χ1v) is 12.6. The van der Waals surface area contributed by atoms with Crippen LogP contribution in [0.2, 0.25) is 0 Å². The molecule has 0 saturated heterocycles. The van der Waals surface area contributed by atoms with Crippen LogP contribution in [-0.2, 0) is 9.59 Å². The van der Waals surface area contributed by atoms with Crippen LogP contribution in [0.15, 0.2) is 24.3 Å². The summed E-state index contributed by atoms with van der Waals surface area (Å²) < 4.78 is 5.39. The molecule has 3 atom stereocenters. The van der Waals surface area contributed by atoms with Crippen LogP contribution in [0.25, 0.3) is 10.9 Å². The number of aromatic nitrogens is 1. The van der Waals surface area contributed by atoms with E-state index in [0.717, 1.165) is 36.6 Å². The van der Waals surface area contributed by atoms with Gasteiger partial charge in [-0.05, 0) is 55.2 Å². The smallest absolute Gasteiger partial charge is 0.224 e. The summed E-state index contributed by atoms with van der Waals surface area (Å²) >= 11 is 0. The van der Waals surface area contributed by atoms with Crippen molar-refractivity contribution >= 4 is 28.4 Å². The van der Waals surface area contributed by atoms with Gasteiger partial charge in [0, 0.05) is 35.6 Å². The SMILES string of the molecule is COc1cccc2[nH]c(C(=O)C[C@@H](CC3CC3)C(=O)N[C@H](C#N)C[C@@H]3CCC(C)(C)CC3=O)cc12. The number of hydrogen-bond acceptors (Lipinski definition) is 5. The molecule has 2 fully saturated rings. The van der Waals surface area contributed by atoms with Crippen LogP contribution < -0.4 is 10.1 Å². The average Bonchev–Trinajstić information content (AvgIpc) is 3.52. The summed E-state index contributed by atoms with van der Waals surface area (Å²) in [5.74, 6) is 0.204.